The molecule has 1 aliphatic rings. The molecule has 0 heterocycles. The van der Waals surface area contributed by atoms with Gasteiger partial charge < -0.3 is 5.73 Å². The van der Waals surface area contributed by atoms with E-state index in [0.29, 0.717) is 5.92 Å². The van der Waals surface area contributed by atoms with E-state index < -0.39 is 5.54 Å². The molecule has 20 heavy (non-hydrogen) atoms. The van der Waals surface area contributed by atoms with Crippen LogP contribution in [-0.2, 0) is 5.54 Å². The Morgan fingerprint density at radius 3 is 2.50 bits per heavy atom. The summed E-state index contributed by atoms with van der Waals surface area (Å²) in [6.45, 7) is 8.49. The van der Waals surface area contributed by atoms with Crippen LogP contribution >= 0.6 is 0 Å². The number of rotatable bonds is 2. The van der Waals surface area contributed by atoms with Crippen LogP contribution in [0.3, 0.4) is 0 Å². The van der Waals surface area contributed by atoms with Crippen molar-refractivity contribution in [3.63, 3.8) is 0 Å². The van der Waals surface area contributed by atoms with Crippen molar-refractivity contribution in [3.05, 3.63) is 34.6 Å². The fraction of sp³-hybridized carbons (Fsp3) is 0.667. The molecule has 0 amide bonds. The molecule has 1 aliphatic carbocycles. The van der Waals surface area contributed by atoms with Crippen LogP contribution in [0.1, 0.15) is 62.6 Å². The Kier molecular flexibility index (Phi) is 4.53. The zero-order valence-electron chi connectivity index (χ0n) is 13.3. The van der Waals surface area contributed by atoms with Gasteiger partial charge in [0.15, 0.2) is 0 Å². The van der Waals surface area contributed by atoms with Gasteiger partial charge in [0.1, 0.15) is 5.82 Å². The minimum absolute atomic E-state index is 0.118. The topological polar surface area (TPSA) is 26.0 Å². The first kappa shape index (κ1) is 15.5. The maximum absolute atomic E-state index is 14.4. The molecule has 2 unspecified atom stereocenters. The Labute approximate surface area is 122 Å². The third-order valence-electron chi connectivity index (χ3n) is 5.03. The molecule has 0 saturated heterocycles. The molecule has 0 bridgehead atoms. The Bertz CT molecular complexity index is 457. The Hall–Kier alpha value is -0.890. The van der Waals surface area contributed by atoms with E-state index >= 15 is 0 Å². The maximum atomic E-state index is 14.4. The lowest BCUT2D eigenvalue weighted by Gasteiger charge is -2.31. The third-order valence-corrected chi connectivity index (χ3v) is 5.03. The molecule has 1 nitrogen and oxygen atoms in total. The lowest BCUT2D eigenvalue weighted by atomic mass is 9.80. The van der Waals surface area contributed by atoms with Crippen molar-refractivity contribution in [2.75, 3.05) is 0 Å². The van der Waals surface area contributed by atoms with Gasteiger partial charge in [0.05, 0.1) is 0 Å². The van der Waals surface area contributed by atoms with Crippen LogP contribution in [0.25, 0.3) is 0 Å². The van der Waals surface area contributed by atoms with E-state index in [9.17, 15) is 4.39 Å². The first-order valence-electron chi connectivity index (χ1n) is 7.89. The predicted octanol–water partition coefficient (Wildman–Crippen LogP) is 4.83. The summed E-state index contributed by atoms with van der Waals surface area (Å²) in [4.78, 5) is 0. The number of aryl methyl sites for hydroxylation is 2. The average Bonchev–Trinajstić information content (AvgIpc) is 2.50. The van der Waals surface area contributed by atoms with Gasteiger partial charge in [-0.1, -0.05) is 32.8 Å². The van der Waals surface area contributed by atoms with Gasteiger partial charge in [-0.05, 0) is 62.1 Å². The number of benzene rings is 1. The summed E-state index contributed by atoms with van der Waals surface area (Å²) in [6, 6.07) is 3.68. The highest BCUT2D eigenvalue weighted by atomic mass is 19.1. The molecule has 1 saturated carbocycles. The van der Waals surface area contributed by atoms with E-state index in [1.54, 1.807) is 6.07 Å². The molecule has 0 aliphatic heterocycles. The van der Waals surface area contributed by atoms with Gasteiger partial charge in [-0.25, -0.2) is 4.39 Å². The van der Waals surface area contributed by atoms with Crippen molar-refractivity contribution in [2.24, 2.45) is 17.6 Å². The Morgan fingerprint density at radius 2 is 1.90 bits per heavy atom. The van der Waals surface area contributed by atoms with E-state index in [1.165, 1.54) is 6.42 Å². The molecular weight excluding hydrogens is 249 g/mol. The summed E-state index contributed by atoms with van der Waals surface area (Å²) in [5, 5.41) is 0. The number of hydrogen-bond donors (Lipinski definition) is 1. The lowest BCUT2D eigenvalue weighted by molar-refractivity contribution is 0.320. The second-order valence-electron chi connectivity index (χ2n) is 7.03. The SMILES string of the molecule is Cc1cc(C)c(C2(N)CCCC(C(C)C)CC2)c(F)c1. The minimum atomic E-state index is -0.481. The van der Waals surface area contributed by atoms with Crippen molar-refractivity contribution in [1.82, 2.24) is 0 Å². The fourth-order valence-electron chi connectivity index (χ4n) is 3.85. The quantitative estimate of drug-likeness (QED) is 0.770. The van der Waals surface area contributed by atoms with Crippen LogP contribution in [0.2, 0.25) is 0 Å². The Morgan fingerprint density at radius 1 is 1.20 bits per heavy atom. The fourth-order valence-corrected chi connectivity index (χ4v) is 3.85. The molecule has 2 heteroatoms. The smallest absolute Gasteiger partial charge is 0.128 e. The minimum Gasteiger partial charge on any atom is -0.321 e. The molecule has 2 N–H and O–H groups in total. The molecule has 1 aromatic carbocycles. The van der Waals surface area contributed by atoms with Gasteiger partial charge in [-0.3, -0.25) is 0 Å². The van der Waals surface area contributed by atoms with E-state index in [-0.39, 0.29) is 5.82 Å². The largest absolute Gasteiger partial charge is 0.321 e. The second kappa shape index (κ2) is 5.85. The average molecular weight is 277 g/mol. The zero-order chi connectivity index (χ0) is 14.9. The zero-order valence-corrected chi connectivity index (χ0v) is 13.3. The van der Waals surface area contributed by atoms with Gasteiger partial charge >= 0.3 is 0 Å². The molecule has 112 valence electrons. The van der Waals surface area contributed by atoms with Crippen LogP contribution in [0.5, 0.6) is 0 Å². The van der Waals surface area contributed by atoms with E-state index in [1.807, 2.05) is 13.8 Å². The monoisotopic (exact) mass is 277 g/mol. The summed E-state index contributed by atoms with van der Waals surface area (Å²) >= 11 is 0. The summed E-state index contributed by atoms with van der Waals surface area (Å²) in [7, 11) is 0. The van der Waals surface area contributed by atoms with Crippen molar-refractivity contribution in [3.8, 4) is 0 Å². The van der Waals surface area contributed by atoms with Crippen LogP contribution in [0.15, 0.2) is 12.1 Å². The van der Waals surface area contributed by atoms with E-state index in [0.717, 1.165) is 48.3 Å². The molecule has 0 aromatic heterocycles. The molecular formula is C18H28FN. The molecule has 0 radical (unpaired) electrons. The summed E-state index contributed by atoms with van der Waals surface area (Å²) in [5.41, 5.74) is 8.91. The van der Waals surface area contributed by atoms with Crippen molar-refractivity contribution in [2.45, 2.75) is 65.3 Å². The Balaban J connectivity index is 2.31. The van der Waals surface area contributed by atoms with Gasteiger partial charge in [-0.2, -0.15) is 0 Å². The van der Waals surface area contributed by atoms with E-state index in [4.69, 9.17) is 5.73 Å². The normalized spacial score (nSPS) is 27.6. The first-order valence-corrected chi connectivity index (χ1v) is 7.89. The lowest BCUT2D eigenvalue weighted by Crippen LogP contribution is -2.38. The molecule has 2 rings (SSSR count). The highest BCUT2D eigenvalue weighted by molar-refractivity contribution is 5.37. The van der Waals surface area contributed by atoms with Crippen LogP contribution in [-0.4, -0.2) is 0 Å². The highest BCUT2D eigenvalue weighted by Gasteiger charge is 2.35. The number of halogens is 1. The van der Waals surface area contributed by atoms with Crippen molar-refractivity contribution in [1.29, 1.82) is 0 Å². The number of nitrogens with two attached hydrogens (primary N) is 1. The summed E-state index contributed by atoms with van der Waals surface area (Å²) in [6.07, 6.45) is 5.24. The molecule has 2 atom stereocenters. The molecule has 1 fully saturated rings. The maximum Gasteiger partial charge on any atom is 0.128 e. The summed E-state index contributed by atoms with van der Waals surface area (Å²) in [5.74, 6) is 1.31. The first-order chi connectivity index (χ1) is 9.33. The standard InChI is InChI=1S/C18H28FN/c1-12(2)15-6-5-8-18(20,9-7-15)17-14(4)10-13(3)11-16(17)19/h10-12,15H,5-9,20H2,1-4H3. The van der Waals surface area contributed by atoms with Crippen LogP contribution in [0.4, 0.5) is 4.39 Å². The molecule has 1 aromatic rings. The summed E-state index contributed by atoms with van der Waals surface area (Å²) < 4.78 is 14.4. The molecule has 0 spiro atoms. The predicted molar refractivity (Wildman–Crippen MR) is 83.2 cm³/mol. The number of hydrogen-bond acceptors (Lipinski definition) is 1. The second-order valence-corrected chi connectivity index (χ2v) is 7.03. The van der Waals surface area contributed by atoms with Crippen molar-refractivity contribution < 1.29 is 4.39 Å². The van der Waals surface area contributed by atoms with Gasteiger partial charge in [0.2, 0.25) is 0 Å². The van der Waals surface area contributed by atoms with Gasteiger partial charge in [0, 0.05) is 11.1 Å². The van der Waals surface area contributed by atoms with Crippen molar-refractivity contribution >= 4 is 0 Å². The van der Waals surface area contributed by atoms with Gasteiger partial charge in [-0.15, -0.1) is 0 Å². The van der Waals surface area contributed by atoms with Crippen LogP contribution < -0.4 is 5.73 Å². The van der Waals surface area contributed by atoms with E-state index in [2.05, 4.69) is 19.9 Å². The van der Waals surface area contributed by atoms with Crippen LogP contribution in [0, 0.1) is 31.5 Å². The van der Waals surface area contributed by atoms with Gasteiger partial charge in [0.25, 0.3) is 0 Å². The third kappa shape index (κ3) is 3.06. The highest BCUT2D eigenvalue weighted by Crippen LogP contribution is 2.40.